The van der Waals surface area contributed by atoms with Crippen molar-refractivity contribution in [2.75, 3.05) is 0 Å². The molecule has 4 nitrogen and oxygen atoms in total. The first-order chi connectivity index (χ1) is 14.6. The SMILES string of the molecule is CCC(C)Oc1ccc(/C=C2\N=C(c3ccc(-c4ccccc4)cc3)OC2=O)cc1. The number of hydrogen-bond acceptors (Lipinski definition) is 4. The molecule has 4 heteroatoms. The van der Waals surface area contributed by atoms with Crippen molar-refractivity contribution in [2.24, 2.45) is 4.99 Å². The summed E-state index contributed by atoms with van der Waals surface area (Å²) in [6.07, 6.45) is 2.83. The van der Waals surface area contributed by atoms with Gasteiger partial charge in [-0.25, -0.2) is 9.79 Å². The van der Waals surface area contributed by atoms with Crippen molar-refractivity contribution >= 4 is 17.9 Å². The average molecular weight is 397 g/mol. The molecule has 1 aliphatic heterocycles. The van der Waals surface area contributed by atoms with E-state index in [1.807, 2.05) is 73.7 Å². The highest BCUT2D eigenvalue weighted by molar-refractivity contribution is 6.12. The van der Waals surface area contributed by atoms with Crippen LogP contribution >= 0.6 is 0 Å². The summed E-state index contributed by atoms with van der Waals surface area (Å²) < 4.78 is 11.2. The van der Waals surface area contributed by atoms with E-state index in [1.54, 1.807) is 6.08 Å². The lowest BCUT2D eigenvalue weighted by atomic mass is 10.0. The van der Waals surface area contributed by atoms with Crippen LogP contribution in [0.25, 0.3) is 17.2 Å². The Morgan fingerprint density at radius 1 is 0.900 bits per heavy atom. The monoisotopic (exact) mass is 397 g/mol. The van der Waals surface area contributed by atoms with E-state index in [0.717, 1.165) is 34.4 Å². The molecule has 150 valence electrons. The second-order valence-corrected chi connectivity index (χ2v) is 7.19. The van der Waals surface area contributed by atoms with Gasteiger partial charge in [-0.2, -0.15) is 0 Å². The highest BCUT2D eigenvalue weighted by Crippen LogP contribution is 2.24. The normalized spacial score (nSPS) is 15.6. The van der Waals surface area contributed by atoms with Crippen LogP contribution in [0.3, 0.4) is 0 Å². The van der Waals surface area contributed by atoms with Gasteiger partial charge in [-0.3, -0.25) is 0 Å². The van der Waals surface area contributed by atoms with Crippen LogP contribution in [0, 0.1) is 0 Å². The lowest BCUT2D eigenvalue weighted by molar-refractivity contribution is -0.129. The van der Waals surface area contributed by atoms with Crippen LogP contribution in [0.15, 0.2) is 89.6 Å². The molecule has 0 amide bonds. The van der Waals surface area contributed by atoms with Gasteiger partial charge in [0.05, 0.1) is 6.10 Å². The quantitative estimate of drug-likeness (QED) is 0.386. The molecule has 0 saturated heterocycles. The number of rotatable bonds is 6. The van der Waals surface area contributed by atoms with Gasteiger partial charge < -0.3 is 9.47 Å². The minimum absolute atomic E-state index is 0.166. The Morgan fingerprint density at radius 3 is 2.20 bits per heavy atom. The van der Waals surface area contributed by atoms with E-state index in [1.165, 1.54) is 0 Å². The summed E-state index contributed by atoms with van der Waals surface area (Å²) >= 11 is 0. The molecule has 3 aromatic rings. The third-order valence-electron chi connectivity index (χ3n) is 4.96. The maximum absolute atomic E-state index is 12.3. The fourth-order valence-electron chi connectivity index (χ4n) is 3.08. The van der Waals surface area contributed by atoms with Crippen molar-refractivity contribution in [1.82, 2.24) is 0 Å². The molecule has 1 unspecified atom stereocenters. The molecule has 0 fully saturated rings. The molecule has 0 radical (unpaired) electrons. The summed E-state index contributed by atoms with van der Waals surface area (Å²) in [6, 6.07) is 25.5. The van der Waals surface area contributed by atoms with E-state index in [-0.39, 0.29) is 11.8 Å². The topological polar surface area (TPSA) is 47.9 Å². The molecular weight excluding hydrogens is 374 g/mol. The van der Waals surface area contributed by atoms with Gasteiger partial charge in [0.1, 0.15) is 5.75 Å². The predicted octanol–water partition coefficient (Wildman–Crippen LogP) is 5.88. The molecule has 1 heterocycles. The number of cyclic esters (lactones) is 1. The molecule has 0 aliphatic carbocycles. The van der Waals surface area contributed by atoms with E-state index in [0.29, 0.717) is 5.90 Å². The van der Waals surface area contributed by atoms with Crippen LogP contribution in [0.5, 0.6) is 5.75 Å². The highest BCUT2D eigenvalue weighted by atomic mass is 16.6. The Hall–Kier alpha value is -3.66. The Kier molecular flexibility index (Phi) is 5.75. The fourth-order valence-corrected chi connectivity index (χ4v) is 3.08. The fraction of sp³-hybridized carbons (Fsp3) is 0.154. The summed E-state index contributed by atoms with van der Waals surface area (Å²) in [5, 5.41) is 0. The molecule has 4 rings (SSSR count). The smallest absolute Gasteiger partial charge is 0.363 e. The summed E-state index contributed by atoms with van der Waals surface area (Å²) in [7, 11) is 0. The van der Waals surface area contributed by atoms with E-state index in [9.17, 15) is 4.79 Å². The zero-order chi connectivity index (χ0) is 20.9. The third-order valence-corrected chi connectivity index (χ3v) is 4.96. The van der Waals surface area contributed by atoms with Gasteiger partial charge in [0.2, 0.25) is 5.90 Å². The molecule has 1 atom stereocenters. The summed E-state index contributed by atoms with van der Waals surface area (Å²) in [6.45, 7) is 4.12. The molecule has 0 bridgehead atoms. The van der Waals surface area contributed by atoms with Gasteiger partial charge in [-0.05, 0) is 60.4 Å². The first kappa shape index (κ1) is 19.6. The maximum atomic E-state index is 12.3. The van der Waals surface area contributed by atoms with Gasteiger partial charge in [0, 0.05) is 5.56 Å². The minimum atomic E-state index is -0.447. The zero-order valence-corrected chi connectivity index (χ0v) is 17.0. The van der Waals surface area contributed by atoms with Gasteiger partial charge in [0.15, 0.2) is 5.70 Å². The number of aliphatic imine (C=N–C) groups is 1. The number of carbonyl (C=O) groups is 1. The summed E-state index contributed by atoms with van der Waals surface area (Å²) in [5.74, 6) is 0.683. The van der Waals surface area contributed by atoms with Crippen LogP contribution in [0.1, 0.15) is 31.4 Å². The van der Waals surface area contributed by atoms with E-state index >= 15 is 0 Å². The largest absolute Gasteiger partial charge is 0.491 e. The van der Waals surface area contributed by atoms with Crippen LogP contribution in [0.4, 0.5) is 0 Å². The van der Waals surface area contributed by atoms with Crippen molar-refractivity contribution in [1.29, 1.82) is 0 Å². The Balaban J connectivity index is 1.51. The predicted molar refractivity (Wildman–Crippen MR) is 119 cm³/mol. The Labute approximate surface area is 176 Å². The lowest BCUT2D eigenvalue weighted by Crippen LogP contribution is -2.09. The molecule has 3 aromatic carbocycles. The van der Waals surface area contributed by atoms with Crippen molar-refractivity contribution in [3.8, 4) is 16.9 Å². The standard InChI is InChI=1S/C26H23NO3/c1-3-18(2)29-23-15-9-19(10-16-23)17-24-26(28)30-25(27-24)22-13-11-21(12-14-22)20-7-5-4-6-8-20/h4-18H,3H2,1-2H3/b24-17-. The van der Waals surface area contributed by atoms with Crippen LogP contribution in [0.2, 0.25) is 0 Å². The van der Waals surface area contributed by atoms with E-state index < -0.39 is 5.97 Å². The second-order valence-electron chi connectivity index (χ2n) is 7.19. The number of esters is 1. The van der Waals surface area contributed by atoms with Crippen molar-refractivity contribution in [3.63, 3.8) is 0 Å². The van der Waals surface area contributed by atoms with Crippen LogP contribution in [-0.2, 0) is 9.53 Å². The molecule has 0 saturated carbocycles. The van der Waals surface area contributed by atoms with Crippen molar-refractivity contribution < 1.29 is 14.3 Å². The zero-order valence-electron chi connectivity index (χ0n) is 17.0. The van der Waals surface area contributed by atoms with Gasteiger partial charge >= 0.3 is 5.97 Å². The first-order valence-corrected chi connectivity index (χ1v) is 10.1. The molecule has 30 heavy (non-hydrogen) atoms. The first-order valence-electron chi connectivity index (χ1n) is 10.1. The number of benzene rings is 3. The molecule has 1 aliphatic rings. The maximum Gasteiger partial charge on any atom is 0.363 e. The number of ether oxygens (including phenoxy) is 2. The second kappa shape index (κ2) is 8.78. The third kappa shape index (κ3) is 4.49. The van der Waals surface area contributed by atoms with Crippen LogP contribution in [-0.4, -0.2) is 18.0 Å². The Bertz CT molecular complexity index is 1080. The van der Waals surface area contributed by atoms with E-state index in [2.05, 4.69) is 24.0 Å². The number of nitrogens with zero attached hydrogens (tertiary/aromatic N) is 1. The van der Waals surface area contributed by atoms with Gasteiger partial charge in [0.25, 0.3) is 0 Å². The number of hydrogen-bond donors (Lipinski definition) is 0. The molecule has 0 spiro atoms. The van der Waals surface area contributed by atoms with Crippen molar-refractivity contribution in [2.45, 2.75) is 26.4 Å². The van der Waals surface area contributed by atoms with Gasteiger partial charge in [-0.15, -0.1) is 0 Å². The molecular formula is C26H23NO3. The van der Waals surface area contributed by atoms with Crippen molar-refractivity contribution in [3.05, 3.63) is 95.7 Å². The average Bonchev–Trinajstić information content (AvgIpc) is 3.16. The lowest BCUT2D eigenvalue weighted by Gasteiger charge is -2.12. The Morgan fingerprint density at radius 2 is 1.53 bits per heavy atom. The molecule has 0 N–H and O–H groups in total. The summed E-state index contributed by atoms with van der Waals surface area (Å²) in [4.78, 5) is 16.7. The summed E-state index contributed by atoms with van der Waals surface area (Å²) in [5.41, 5.74) is 4.15. The van der Waals surface area contributed by atoms with Crippen LogP contribution < -0.4 is 4.74 Å². The van der Waals surface area contributed by atoms with Gasteiger partial charge in [-0.1, -0.05) is 61.5 Å². The van der Waals surface area contributed by atoms with E-state index in [4.69, 9.17) is 9.47 Å². The molecule has 0 aromatic heterocycles. The highest BCUT2D eigenvalue weighted by Gasteiger charge is 2.24. The minimum Gasteiger partial charge on any atom is -0.491 e. The number of carbonyl (C=O) groups excluding carboxylic acids is 1.